The monoisotopic (exact) mass is 340 g/mol. The Hall–Kier alpha value is -0.500. The lowest BCUT2D eigenvalue weighted by atomic mass is 10.1. The van der Waals surface area contributed by atoms with E-state index in [0.29, 0.717) is 6.04 Å². The number of thiophene rings is 1. The van der Waals surface area contributed by atoms with E-state index < -0.39 is 0 Å². The maximum atomic E-state index is 10.4. The van der Waals surface area contributed by atoms with E-state index in [1.165, 1.54) is 6.42 Å². The summed E-state index contributed by atoms with van der Waals surface area (Å²) in [6, 6.07) is 4.34. The molecule has 1 aromatic heterocycles. The second-order valence-corrected chi connectivity index (χ2v) is 7.32. The highest BCUT2D eigenvalue weighted by atomic mass is 32.1. The van der Waals surface area contributed by atoms with Crippen molar-refractivity contribution >= 4 is 11.3 Å². The second kappa shape index (κ2) is 9.11. The molecular weight excluding hydrogens is 312 g/mol. The highest BCUT2D eigenvalue weighted by Crippen LogP contribution is 2.26. The fraction of sp³-hybridized carbons (Fsp3) is 0.765. The molecule has 0 amide bonds. The van der Waals surface area contributed by atoms with Gasteiger partial charge in [0.05, 0.1) is 32.5 Å². The molecule has 0 spiro atoms. The van der Waals surface area contributed by atoms with Crippen molar-refractivity contribution in [2.45, 2.75) is 25.0 Å². The highest BCUT2D eigenvalue weighted by molar-refractivity contribution is 7.10. The first-order valence-corrected chi connectivity index (χ1v) is 9.54. The standard InChI is InChI=1S/C17H28N2O3S/c20-16(17-3-1-12-23-17)13-15-14-22-11-8-19(15)5-2-4-18-6-9-21-10-7-18/h1,3,12,15-16,20H,2,4-11,13-14H2. The molecule has 23 heavy (non-hydrogen) atoms. The highest BCUT2D eigenvalue weighted by Gasteiger charge is 2.26. The number of hydrogen-bond donors (Lipinski definition) is 1. The fourth-order valence-corrected chi connectivity index (χ4v) is 4.10. The zero-order chi connectivity index (χ0) is 15.9. The van der Waals surface area contributed by atoms with Crippen molar-refractivity contribution in [3.63, 3.8) is 0 Å². The number of nitrogens with zero attached hydrogens (tertiary/aromatic N) is 2. The number of aliphatic hydroxyl groups is 1. The topological polar surface area (TPSA) is 45.2 Å². The van der Waals surface area contributed by atoms with Crippen LogP contribution in [-0.2, 0) is 9.47 Å². The summed E-state index contributed by atoms with van der Waals surface area (Å²) in [6.07, 6.45) is 1.56. The molecule has 2 atom stereocenters. The molecule has 0 aliphatic carbocycles. The van der Waals surface area contributed by atoms with Crippen molar-refractivity contribution in [1.82, 2.24) is 9.80 Å². The predicted molar refractivity (Wildman–Crippen MR) is 92.0 cm³/mol. The summed E-state index contributed by atoms with van der Waals surface area (Å²) in [5.41, 5.74) is 0. The molecule has 2 aliphatic heterocycles. The van der Waals surface area contributed by atoms with E-state index in [4.69, 9.17) is 9.47 Å². The van der Waals surface area contributed by atoms with E-state index in [0.717, 1.165) is 70.4 Å². The van der Waals surface area contributed by atoms with E-state index in [9.17, 15) is 5.11 Å². The lowest BCUT2D eigenvalue weighted by molar-refractivity contribution is -0.0281. The molecular formula is C17H28N2O3S. The van der Waals surface area contributed by atoms with E-state index in [1.54, 1.807) is 11.3 Å². The van der Waals surface area contributed by atoms with Crippen LogP contribution in [0, 0.1) is 0 Å². The third-order valence-corrected chi connectivity index (χ3v) is 5.71. The maximum Gasteiger partial charge on any atom is 0.0897 e. The van der Waals surface area contributed by atoms with Crippen LogP contribution in [0.1, 0.15) is 23.8 Å². The van der Waals surface area contributed by atoms with Gasteiger partial charge in [-0.25, -0.2) is 0 Å². The van der Waals surface area contributed by atoms with Crippen LogP contribution in [0.5, 0.6) is 0 Å². The normalized spacial score (nSPS) is 25.5. The number of rotatable bonds is 7. The van der Waals surface area contributed by atoms with Gasteiger partial charge < -0.3 is 14.6 Å². The first-order chi connectivity index (χ1) is 11.3. The van der Waals surface area contributed by atoms with Crippen molar-refractivity contribution < 1.29 is 14.6 Å². The molecule has 1 aromatic rings. The van der Waals surface area contributed by atoms with Gasteiger partial charge in [-0.3, -0.25) is 9.80 Å². The largest absolute Gasteiger partial charge is 0.388 e. The van der Waals surface area contributed by atoms with E-state index in [2.05, 4.69) is 9.80 Å². The summed E-state index contributed by atoms with van der Waals surface area (Å²) in [4.78, 5) is 6.05. The average molecular weight is 340 g/mol. The van der Waals surface area contributed by atoms with E-state index in [1.807, 2.05) is 17.5 Å². The van der Waals surface area contributed by atoms with Crippen LogP contribution in [0.2, 0.25) is 0 Å². The Morgan fingerprint density at radius 2 is 2.00 bits per heavy atom. The molecule has 0 radical (unpaired) electrons. The summed E-state index contributed by atoms with van der Waals surface area (Å²) in [5.74, 6) is 0. The summed E-state index contributed by atoms with van der Waals surface area (Å²) in [7, 11) is 0. The third kappa shape index (κ3) is 5.24. The minimum atomic E-state index is -0.372. The summed E-state index contributed by atoms with van der Waals surface area (Å²) >= 11 is 1.63. The lowest BCUT2D eigenvalue weighted by Crippen LogP contribution is -2.47. The van der Waals surface area contributed by atoms with Crippen LogP contribution in [0.4, 0.5) is 0 Å². The van der Waals surface area contributed by atoms with Gasteiger partial charge in [0.1, 0.15) is 0 Å². The van der Waals surface area contributed by atoms with Gasteiger partial charge in [-0.05, 0) is 37.4 Å². The zero-order valence-corrected chi connectivity index (χ0v) is 14.5. The Morgan fingerprint density at radius 1 is 1.17 bits per heavy atom. The first kappa shape index (κ1) is 17.3. The molecule has 3 heterocycles. The van der Waals surface area contributed by atoms with Gasteiger partial charge >= 0.3 is 0 Å². The maximum absolute atomic E-state index is 10.4. The molecule has 2 unspecified atom stereocenters. The molecule has 0 bridgehead atoms. The number of aliphatic hydroxyl groups excluding tert-OH is 1. The van der Waals surface area contributed by atoms with Gasteiger partial charge in [0, 0.05) is 30.6 Å². The molecule has 3 rings (SSSR count). The number of hydrogen-bond acceptors (Lipinski definition) is 6. The van der Waals surface area contributed by atoms with E-state index in [-0.39, 0.29) is 6.10 Å². The molecule has 2 fully saturated rings. The predicted octanol–water partition coefficient (Wildman–Crippen LogP) is 1.59. The lowest BCUT2D eigenvalue weighted by Gasteiger charge is -2.37. The Labute approximate surface area is 142 Å². The SMILES string of the molecule is OC(CC1COCCN1CCCN1CCOCC1)c1cccs1. The molecule has 0 saturated carbocycles. The molecule has 1 N–H and O–H groups in total. The van der Waals surface area contributed by atoms with Crippen molar-refractivity contribution in [2.75, 3.05) is 59.2 Å². The van der Waals surface area contributed by atoms with Gasteiger partial charge in [0.15, 0.2) is 0 Å². The van der Waals surface area contributed by atoms with Crippen LogP contribution >= 0.6 is 11.3 Å². The summed E-state index contributed by atoms with van der Waals surface area (Å²) < 4.78 is 11.0. The Morgan fingerprint density at radius 3 is 2.78 bits per heavy atom. The minimum Gasteiger partial charge on any atom is -0.388 e. The Kier molecular flexibility index (Phi) is 6.86. The van der Waals surface area contributed by atoms with Crippen LogP contribution < -0.4 is 0 Å². The van der Waals surface area contributed by atoms with Crippen LogP contribution in [0.3, 0.4) is 0 Å². The second-order valence-electron chi connectivity index (χ2n) is 6.34. The first-order valence-electron chi connectivity index (χ1n) is 8.66. The third-order valence-electron chi connectivity index (χ3n) is 4.74. The van der Waals surface area contributed by atoms with Gasteiger partial charge in [0.2, 0.25) is 0 Å². The molecule has 5 nitrogen and oxygen atoms in total. The van der Waals surface area contributed by atoms with Gasteiger partial charge in [0.25, 0.3) is 0 Å². The number of morpholine rings is 2. The summed E-state index contributed by atoms with van der Waals surface area (Å²) in [6.45, 7) is 8.60. The van der Waals surface area contributed by atoms with E-state index >= 15 is 0 Å². The minimum absolute atomic E-state index is 0.325. The van der Waals surface area contributed by atoms with Gasteiger partial charge in [-0.2, -0.15) is 0 Å². The molecule has 0 aromatic carbocycles. The fourth-order valence-electron chi connectivity index (χ4n) is 3.38. The molecule has 130 valence electrons. The molecule has 6 heteroatoms. The van der Waals surface area contributed by atoms with Gasteiger partial charge in [-0.15, -0.1) is 11.3 Å². The van der Waals surface area contributed by atoms with Crippen molar-refractivity contribution in [2.24, 2.45) is 0 Å². The average Bonchev–Trinajstić information content (AvgIpc) is 3.12. The quantitative estimate of drug-likeness (QED) is 0.817. The van der Waals surface area contributed by atoms with Crippen molar-refractivity contribution in [3.05, 3.63) is 22.4 Å². The van der Waals surface area contributed by atoms with Gasteiger partial charge in [-0.1, -0.05) is 6.07 Å². The summed E-state index contributed by atoms with van der Waals surface area (Å²) in [5, 5.41) is 12.4. The Bertz CT molecular complexity index is 437. The van der Waals surface area contributed by atoms with Crippen LogP contribution in [0.25, 0.3) is 0 Å². The van der Waals surface area contributed by atoms with Crippen molar-refractivity contribution in [1.29, 1.82) is 0 Å². The van der Waals surface area contributed by atoms with Crippen LogP contribution in [-0.4, -0.2) is 80.1 Å². The number of ether oxygens (including phenoxy) is 2. The van der Waals surface area contributed by atoms with Crippen molar-refractivity contribution in [3.8, 4) is 0 Å². The molecule has 2 saturated heterocycles. The Balaban J connectivity index is 1.44. The van der Waals surface area contributed by atoms with Crippen LogP contribution in [0.15, 0.2) is 17.5 Å². The molecule has 2 aliphatic rings. The smallest absolute Gasteiger partial charge is 0.0897 e. The zero-order valence-electron chi connectivity index (χ0n) is 13.7.